The highest BCUT2D eigenvalue weighted by molar-refractivity contribution is 8.76. The average Bonchev–Trinajstić information content (AvgIpc) is 3.97. The van der Waals surface area contributed by atoms with Crippen LogP contribution in [-0.2, 0) is 46.4 Å². The number of hydrogen-bond donors (Lipinski definition) is 12. The zero-order chi connectivity index (χ0) is 49.2. The number of carbonyl (C=O) groups excluding carboxylic acids is 7. The lowest BCUT2D eigenvalue weighted by Gasteiger charge is -2.30. The van der Waals surface area contributed by atoms with Gasteiger partial charge in [-0.15, -0.1) is 0 Å². The van der Waals surface area contributed by atoms with Gasteiger partial charge in [0, 0.05) is 61.1 Å². The Kier molecular flexibility index (Phi) is 20.2. The normalized spacial score (nSPS) is 22.8. The molecule has 18 N–H and O–H groups in total. The smallest absolute Gasteiger partial charge is 0.245 e. The first kappa shape index (κ1) is 52.4. The van der Waals surface area contributed by atoms with Crippen molar-refractivity contribution in [2.45, 2.75) is 100 Å². The van der Waals surface area contributed by atoms with Gasteiger partial charge >= 0.3 is 0 Å². The number of H-pyrrole nitrogens is 1. The van der Waals surface area contributed by atoms with Gasteiger partial charge < -0.3 is 70.9 Å². The summed E-state index contributed by atoms with van der Waals surface area (Å²) in [5.41, 5.74) is 36.2. The minimum Gasteiger partial charge on any atom is -0.370 e. The van der Waals surface area contributed by atoms with Gasteiger partial charge in [0.15, 0.2) is 11.9 Å². The van der Waals surface area contributed by atoms with Gasteiger partial charge in [0.2, 0.25) is 41.4 Å². The SMILES string of the molecule is NC(=O)[C@@H]1CSSCCC(NC(=O)[C@@H](N)CCCN=C(N)N)C(=O)N2CCC[C@H]2C(=O)N[C@H](Cc2ccccc2)C(=O)N[C@@H](CCCN=C(N)N)C(=O)N[C@@H](Cc2c[nH]c3ccccc23)C(=O)N1. The third-order valence-electron chi connectivity index (χ3n) is 11.5. The maximum absolute atomic E-state index is 14.5. The number of para-hydroxylation sites is 1. The fourth-order valence-electron chi connectivity index (χ4n) is 7.87. The number of primary amides is 1. The number of hydrogen-bond acceptors (Lipinski definition) is 12. The summed E-state index contributed by atoms with van der Waals surface area (Å²) in [6.07, 6.45) is 3.41. The topological polar surface area (TPSA) is 380 Å². The number of guanidine groups is 2. The van der Waals surface area contributed by atoms with Gasteiger partial charge in [0.05, 0.1) is 6.04 Å². The molecule has 2 aliphatic rings. The number of aliphatic imine (C=N–C) groups is 2. The van der Waals surface area contributed by atoms with Gasteiger partial charge in [-0.3, -0.25) is 43.5 Å². The molecule has 1 aromatic heterocycles. The molecule has 24 heteroatoms. The predicted octanol–water partition coefficient (Wildman–Crippen LogP) is -1.93. The number of nitrogens with two attached hydrogens (primary N) is 6. The second kappa shape index (κ2) is 26.1. The van der Waals surface area contributed by atoms with Crippen LogP contribution in [0.1, 0.15) is 56.1 Å². The molecule has 1 unspecified atom stereocenters. The minimum atomic E-state index is -1.27. The van der Waals surface area contributed by atoms with Crippen molar-refractivity contribution in [3.63, 3.8) is 0 Å². The highest BCUT2D eigenvalue weighted by Crippen LogP contribution is 2.26. The van der Waals surface area contributed by atoms with E-state index >= 15 is 0 Å². The van der Waals surface area contributed by atoms with Crippen LogP contribution in [0.3, 0.4) is 0 Å². The van der Waals surface area contributed by atoms with Crippen LogP contribution in [0.5, 0.6) is 0 Å². The van der Waals surface area contributed by atoms with Crippen molar-refractivity contribution in [1.82, 2.24) is 36.5 Å². The lowest BCUT2D eigenvalue weighted by molar-refractivity contribution is -0.142. The molecule has 5 rings (SSSR count). The highest BCUT2D eigenvalue weighted by atomic mass is 33.1. The van der Waals surface area contributed by atoms with Crippen molar-refractivity contribution in [2.24, 2.45) is 44.4 Å². The van der Waals surface area contributed by atoms with Crippen LogP contribution in [0, 0.1) is 0 Å². The van der Waals surface area contributed by atoms with Gasteiger partial charge in [0.1, 0.15) is 36.3 Å². The Hall–Kier alpha value is -6.53. The van der Waals surface area contributed by atoms with Crippen LogP contribution in [0.4, 0.5) is 0 Å². The number of aromatic amines is 1. The number of fused-ring (bicyclic) bond motifs is 2. The summed E-state index contributed by atoms with van der Waals surface area (Å²) < 4.78 is 0. The second-order valence-electron chi connectivity index (χ2n) is 16.6. The number of amides is 7. The van der Waals surface area contributed by atoms with E-state index in [0.29, 0.717) is 24.0 Å². The Morgan fingerprint density at radius 3 is 2.10 bits per heavy atom. The first-order chi connectivity index (χ1) is 32.6. The van der Waals surface area contributed by atoms with E-state index in [0.717, 1.165) is 10.9 Å². The summed E-state index contributed by atoms with van der Waals surface area (Å²) in [6, 6.07) is 8.25. The summed E-state index contributed by atoms with van der Waals surface area (Å²) >= 11 is 0. The number of rotatable bonds is 15. The maximum atomic E-state index is 14.5. The third kappa shape index (κ3) is 15.8. The summed E-state index contributed by atoms with van der Waals surface area (Å²) in [5, 5.41) is 14.8. The fraction of sp³-hybridized carbons (Fsp3) is 0.477. The lowest BCUT2D eigenvalue weighted by atomic mass is 10.0. The van der Waals surface area contributed by atoms with E-state index in [4.69, 9.17) is 34.4 Å². The molecule has 22 nitrogen and oxygen atoms in total. The molecule has 2 saturated heterocycles. The van der Waals surface area contributed by atoms with Crippen LogP contribution in [0.2, 0.25) is 0 Å². The first-order valence-electron chi connectivity index (χ1n) is 22.4. The Balaban J connectivity index is 1.49. The quantitative estimate of drug-likeness (QED) is 0.0342. The molecule has 0 saturated carbocycles. The van der Waals surface area contributed by atoms with E-state index in [2.05, 4.69) is 41.6 Å². The third-order valence-corrected chi connectivity index (χ3v) is 13.9. The molecule has 2 aliphatic heterocycles. The zero-order valence-electron chi connectivity index (χ0n) is 37.7. The molecule has 2 aromatic carbocycles. The standard InChI is InChI=1S/C44H63N15O7S2/c45-28(12-6-17-51-43(47)48)37(61)55-31-16-20-67-68-24-34(36(46)60)58-40(64)33(22-26-23-53-29-13-5-4-11-27(26)29)56-38(62)30(14-7-18-52-44(49)50)54-39(63)32(21-25-9-2-1-3-10-25)57-41(65)35-15-8-19-59(35)42(31)66/h1-5,9-11,13,23,28,30-35,53H,6-8,12,14-22,24,45H2,(H2,46,60)(H,54,63)(H,55,61)(H,56,62)(H,57,65)(H,58,64)(H4,47,48,51)(H4,49,50,52)/t28-,30-,31?,32+,33-,34-,35-/m0/s1. The van der Waals surface area contributed by atoms with Gasteiger partial charge in [-0.2, -0.15) is 0 Å². The molecular formula is C44H63N15O7S2. The lowest BCUT2D eigenvalue weighted by Crippen LogP contribution is -2.60. The predicted molar refractivity (Wildman–Crippen MR) is 263 cm³/mol. The first-order valence-corrected chi connectivity index (χ1v) is 24.9. The molecule has 68 heavy (non-hydrogen) atoms. The Bertz CT molecular complexity index is 2290. The van der Waals surface area contributed by atoms with Gasteiger partial charge in [-0.05, 0) is 62.1 Å². The summed E-state index contributed by atoms with van der Waals surface area (Å²) in [6.45, 7) is 0.556. The fourth-order valence-corrected chi connectivity index (χ4v) is 10.1. The van der Waals surface area contributed by atoms with Crippen molar-refractivity contribution in [3.05, 3.63) is 71.9 Å². The van der Waals surface area contributed by atoms with Crippen LogP contribution >= 0.6 is 21.6 Å². The van der Waals surface area contributed by atoms with E-state index in [1.807, 2.05) is 24.3 Å². The summed E-state index contributed by atoms with van der Waals surface area (Å²) in [5.74, 6) is -4.70. The Morgan fingerprint density at radius 1 is 0.750 bits per heavy atom. The van der Waals surface area contributed by atoms with Crippen molar-refractivity contribution in [3.8, 4) is 0 Å². The summed E-state index contributed by atoms with van der Waals surface area (Å²) in [7, 11) is 2.48. The van der Waals surface area contributed by atoms with Crippen LogP contribution in [0.15, 0.2) is 70.8 Å². The average molecular weight is 978 g/mol. The minimum absolute atomic E-state index is 0.00574. The van der Waals surface area contributed by atoms with Crippen LogP contribution < -0.4 is 61.0 Å². The second-order valence-corrected chi connectivity index (χ2v) is 19.2. The molecule has 0 bridgehead atoms. The number of benzene rings is 2. The summed E-state index contributed by atoms with van der Waals surface area (Å²) in [4.78, 5) is 111. The molecule has 2 fully saturated rings. The molecule has 3 heterocycles. The molecule has 3 aromatic rings. The number of nitrogens with one attached hydrogen (secondary N) is 6. The van der Waals surface area contributed by atoms with E-state index in [1.165, 1.54) is 26.5 Å². The molecule has 7 atom stereocenters. The van der Waals surface area contributed by atoms with Crippen molar-refractivity contribution in [1.29, 1.82) is 0 Å². The van der Waals surface area contributed by atoms with E-state index in [9.17, 15) is 33.6 Å². The highest BCUT2D eigenvalue weighted by Gasteiger charge is 2.40. The van der Waals surface area contributed by atoms with Crippen LogP contribution in [0.25, 0.3) is 10.9 Å². The van der Waals surface area contributed by atoms with Crippen molar-refractivity contribution in [2.75, 3.05) is 31.1 Å². The van der Waals surface area contributed by atoms with Gasteiger partial charge in [-0.25, -0.2) is 0 Å². The molecular weight excluding hydrogens is 915 g/mol. The largest absolute Gasteiger partial charge is 0.370 e. The van der Waals surface area contributed by atoms with E-state index in [-0.39, 0.29) is 88.0 Å². The number of carbonyl (C=O) groups is 7. The van der Waals surface area contributed by atoms with Crippen molar-refractivity contribution >= 4 is 85.8 Å². The molecule has 368 valence electrons. The Labute approximate surface area is 401 Å². The number of nitrogens with zero attached hydrogens (tertiary/aromatic N) is 3. The maximum Gasteiger partial charge on any atom is 0.245 e. The monoisotopic (exact) mass is 977 g/mol. The van der Waals surface area contributed by atoms with E-state index in [1.54, 1.807) is 36.5 Å². The van der Waals surface area contributed by atoms with Gasteiger partial charge in [-0.1, -0.05) is 70.1 Å². The molecule has 0 aliphatic carbocycles. The van der Waals surface area contributed by atoms with E-state index < -0.39 is 83.6 Å². The van der Waals surface area contributed by atoms with Gasteiger partial charge in [0.25, 0.3) is 0 Å². The zero-order valence-corrected chi connectivity index (χ0v) is 39.3. The van der Waals surface area contributed by atoms with Crippen molar-refractivity contribution < 1.29 is 33.6 Å². The molecule has 0 radical (unpaired) electrons. The molecule has 7 amide bonds. The molecule has 0 spiro atoms. The number of aromatic nitrogens is 1. The van der Waals surface area contributed by atoms with Crippen LogP contribution in [-0.4, -0.2) is 137 Å². The Morgan fingerprint density at radius 2 is 1.38 bits per heavy atom.